The predicted octanol–water partition coefficient (Wildman–Crippen LogP) is 3.13. The Morgan fingerprint density at radius 1 is 1.53 bits per heavy atom. The Hall–Kier alpha value is -0.450. The van der Waals surface area contributed by atoms with E-state index >= 15 is 0 Å². The smallest absolute Gasteiger partial charge is 0.0794 e. The number of piperazine rings is 1. The van der Waals surface area contributed by atoms with E-state index in [0.29, 0.717) is 12.1 Å². The van der Waals surface area contributed by atoms with E-state index in [1.54, 1.807) is 11.3 Å². The lowest BCUT2D eigenvalue weighted by molar-refractivity contribution is 0.0827. The van der Waals surface area contributed by atoms with Gasteiger partial charge in [0, 0.05) is 42.8 Å². The van der Waals surface area contributed by atoms with E-state index in [4.69, 9.17) is 0 Å². The molecule has 4 heteroatoms. The van der Waals surface area contributed by atoms with Crippen LogP contribution in [0.4, 0.5) is 0 Å². The molecule has 108 valence electrons. The highest BCUT2D eigenvalue weighted by molar-refractivity contribution is 7.09. The van der Waals surface area contributed by atoms with Crippen molar-refractivity contribution in [3.8, 4) is 0 Å². The molecule has 1 aromatic rings. The molecule has 0 amide bonds. The van der Waals surface area contributed by atoms with Gasteiger partial charge in [0.2, 0.25) is 0 Å². The summed E-state index contributed by atoms with van der Waals surface area (Å²) in [6.07, 6.45) is 5.83. The largest absolute Gasteiger partial charge is 0.311 e. The fourth-order valence-corrected chi connectivity index (χ4v) is 3.60. The maximum absolute atomic E-state index is 4.21. The molecule has 19 heavy (non-hydrogen) atoms. The van der Waals surface area contributed by atoms with Gasteiger partial charge in [-0.05, 0) is 12.3 Å². The Labute approximate surface area is 121 Å². The van der Waals surface area contributed by atoms with Crippen LogP contribution < -0.4 is 5.32 Å². The van der Waals surface area contributed by atoms with Gasteiger partial charge in [-0.1, -0.05) is 33.6 Å². The number of nitrogens with zero attached hydrogens (tertiary/aromatic N) is 2. The van der Waals surface area contributed by atoms with Crippen molar-refractivity contribution < 1.29 is 0 Å². The molecule has 0 radical (unpaired) electrons. The molecule has 3 unspecified atom stereocenters. The first-order valence-electron chi connectivity index (χ1n) is 7.59. The first-order valence-corrected chi connectivity index (χ1v) is 8.47. The van der Waals surface area contributed by atoms with Crippen molar-refractivity contribution >= 4 is 11.3 Å². The van der Waals surface area contributed by atoms with Crippen LogP contribution in [0, 0.1) is 5.92 Å². The fraction of sp³-hybridized carbons (Fsp3) is 0.800. The normalized spacial score (nSPS) is 26.5. The Bertz CT molecular complexity index is 352. The molecule has 1 aliphatic heterocycles. The lowest BCUT2D eigenvalue weighted by atomic mass is 9.93. The summed E-state index contributed by atoms with van der Waals surface area (Å²) < 4.78 is 0. The molecular weight excluding hydrogens is 254 g/mol. The number of thiazole rings is 1. The van der Waals surface area contributed by atoms with Crippen molar-refractivity contribution in [2.45, 2.75) is 58.7 Å². The van der Waals surface area contributed by atoms with Crippen molar-refractivity contribution in [3.63, 3.8) is 0 Å². The fourth-order valence-electron chi connectivity index (χ4n) is 2.98. The maximum Gasteiger partial charge on any atom is 0.0794 e. The number of nitrogens with one attached hydrogen (secondary N) is 1. The van der Waals surface area contributed by atoms with Gasteiger partial charge in [0.05, 0.1) is 5.51 Å². The maximum atomic E-state index is 4.21. The lowest BCUT2D eigenvalue weighted by Gasteiger charge is -2.43. The molecule has 0 aromatic carbocycles. The van der Waals surface area contributed by atoms with E-state index in [9.17, 15) is 0 Å². The Balaban J connectivity index is 2.02. The lowest BCUT2D eigenvalue weighted by Crippen LogP contribution is -2.57. The molecule has 1 aliphatic rings. The zero-order valence-corrected chi connectivity index (χ0v) is 13.2. The summed E-state index contributed by atoms with van der Waals surface area (Å²) in [5.41, 5.74) is 1.94. The molecule has 2 heterocycles. The number of hydrogen-bond donors (Lipinski definition) is 1. The van der Waals surface area contributed by atoms with Crippen LogP contribution >= 0.6 is 11.3 Å². The van der Waals surface area contributed by atoms with Gasteiger partial charge >= 0.3 is 0 Å². The summed E-state index contributed by atoms with van der Waals surface area (Å²) >= 11 is 1.78. The second-order valence-corrected chi connectivity index (χ2v) is 6.71. The number of hydrogen-bond acceptors (Lipinski definition) is 4. The summed E-state index contributed by atoms with van der Waals surface area (Å²) in [6, 6.07) is 1.33. The zero-order chi connectivity index (χ0) is 13.7. The van der Waals surface area contributed by atoms with Gasteiger partial charge in [-0.15, -0.1) is 11.3 Å². The highest BCUT2D eigenvalue weighted by Gasteiger charge is 2.30. The molecule has 0 saturated carbocycles. The van der Waals surface area contributed by atoms with E-state index < -0.39 is 0 Å². The molecule has 3 atom stereocenters. The number of rotatable bonds is 6. The molecule has 1 fully saturated rings. The Morgan fingerprint density at radius 2 is 2.37 bits per heavy atom. The highest BCUT2D eigenvalue weighted by atomic mass is 32.1. The van der Waals surface area contributed by atoms with Crippen molar-refractivity contribution in [2.75, 3.05) is 13.1 Å². The van der Waals surface area contributed by atoms with Crippen molar-refractivity contribution in [3.05, 3.63) is 16.6 Å². The predicted molar refractivity (Wildman–Crippen MR) is 82.5 cm³/mol. The summed E-state index contributed by atoms with van der Waals surface area (Å²) in [7, 11) is 0. The topological polar surface area (TPSA) is 28.2 Å². The minimum Gasteiger partial charge on any atom is -0.311 e. The van der Waals surface area contributed by atoms with Gasteiger partial charge in [-0.2, -0.15) is 0 Å². The van der Waals surface area contributed by atoms with Crippen LogP contribution in [-0.2, 0) is 6.54 Å². The van der Waals surface area contributed by atoms with Crippen LogP contribution in [0.2, 0.25) is 0 Å². The van der Waals surface area contributed by atoms with Gasteiger partial charge in [0.1, 0.15) is 0 Å². The standard InChI is InChI=1S/C15H27N3S/c1-4-6-13-9-18(10-14-7-16-11-19-14)15(8-17-13)12(3)5-2/h7,11-13,15,17H,4-6,8-10H2,1-3H3. The molecule has 1 aromatic heterocycles. The molecule has 1 N–H and O–H groups in total. The average Bonchev–Trinajstić information content (AvgIpc) is 2.91. The van der Waals surface area contributed by atoms with E-state index in [1.807, 2.05) is 11.7 Å². The average molecular weight is 281 g/mol. The molecule has 0 bridgehead atoms. The van der Waals surface area contributed by atoms with E-state index in [0.717, 1.165) is 19.0 Å². The molecule has 2 rings (SSSR count). The van der Waals surface area contributed by atoms with Crippen LogP contribution in [0.3, 0.4) is 0 Å². The van der Waals surface area contributed by atoms with E-state index in [2.05, 4.69) is 36.0 Å². The monoisotopic (exact) mass is 281 g/mol. The third kappa shape index (κ3) is 4.01. The SMILES string of the molecule is CCCC1CN(Cc2cncs2)C(C(C)CC)CN1. The summed E-state index contributed by atoms with van der Waals surface area (Å²) in [6.45, 7) is 10.3. The minimum atomic E-state index is 0.665. The molecular formula is C15H27N3S. The summed E-state index contributed by atoms with van der Waals surface area (Å²) in [5.74, 6) is 0.753. The van der Waals surface area contributed by atoms with Gasteiger partial charge in [0.25, 0.3) is 0 Å². The zero-order valence-electron chi connectivity index (χ0n) is 12.4. The number of aromatic nitrogens is 1. The third-order valence-corrected chi connectivity index (χ3v) is 5.08. The van der Waals surface area contributed by atoms with Gasteiger partial charge < -0.3 is 5.32 Å². The van der Waals surface area contributed by atoms with Gasteiger partial charge in [-0.25, -0.2) is 0 Å². The van der Waals surface area contributed by atoms with E-state index in [1.165, 1.54) is 30.7 Å². The Morgan fingerprint density at radius 3 is 3.00 bits per heavy atom. The van der Waals surface area contributed by atoms with Crippen LogP contribution in [0.25, 0.3) is 0 Å². The quantitative estimate of drug-likeness (QED) is 0.868. The van der Waals surface area contributed by atoms with Crippen LogP contribution in [0.1, 0.15) is 44.9 Å². The van der Waals surface area contributed by atoms with E-state index in [-0.39, 0.29) is 0 Å². The molecule has 0 aliphatic carbocycles. The first-order chi connectivity index (χ1) is 9.24. The summed E-state index contributed by atoms with van der Waals surface area (Å²) in [5, 5.41) is 3.74. The van der Waals surface area contributed by atoms with Gasteiger partial charge in [-0.3, -0.25) is 9.88 Å². The highest BCUT2D eigenvalue weighted by Crippen LogP contribution is 2.22. The van der Waals surface area contributed by atoms with Crippen molar-refractivity contribution in [2.24, 2.45) is 5.92 Å². The first kappa shape index (κ1) is 14.9. The van der Waals surface area contributed by atoms with Crippen LogP contribution in [-0.4, -0.2) is 35.1 Å². The second kappa shape index (κ2) is 7.36. The summed E-state index contributed by atoms with van der Waals surface area (Å²) in [4.78, 5) is 8.28. The van der Waals surface area contributed by atoms with Crippen molar-refractivity contribution in [1.82, 2.24) is 15.2 Å². The molecule has 0 spiro atoms. The van der Waals surface area contributed by atoms with Crippen LogP contribution in [0.15, 0.2) is 11.7 Å². The van der Waals surface area contributed by atoms with Gasteiger partial charge in [0.15, 0.2) is 0 Å². The Kier molecular flexibility index (Phi) is 5.79. The molecule has 3 nitrogen and oxygen atoms in total. The third-order valence-electron chi connectivity index (χ3n) is 4.32. The van der Waals surface area contributed by atoms with Crippen molar-refractivity contribution in [1.29, 1.82) is 0 Å². The second-order valence-electron chi connectivity index (χ2n) is 5.74. The van der Waals surface area contributed by atoms with Crippen LogP contribution in [0.5, 0.6) is 0 Å². The minimum absolute atomic E-state index is 0.665. The molecule has 1 saturated heterocycles.